The molecule has 0 radical (unpaired) electrons. The van der Waals surface area contributed by atoms with E-state index in [9.17, 15) is 9.59 Å². The summed E-state index contributed by atoms with van der Waals surface area (Å²) >= 11 is 0. The van der Waals surface area contributed by atoms with E-state index in [1.807, 2.05) is 6.07 Å². The lowest BCUT2D eigenvalue weighted by Gasteiger charge is -2.06. The van der Waals surface area contributed by atoms with Crippen LogP contribution in [-0.4, -0.2) is 16.4 Å². The average Bonchev–Trinajstić information content (AvgIpc) is 2.36. The van der Waals surface area contributed by atoms with E-state index in [0.29, 0.717) is 12.3 Å². The van der Waals surface area contributed by atoms with Gasteiger partial charge in [0.2, 0.25) is 0 Å². The van der Waals surface area contributed by atoms with Crippen molar-refractivity contribution >= 4 is 0 Å². The Morgan fingerprint density at radius 2 is 1.94 bits per heavy atom. The van der Waals surface area contributed by atoms with Crippen LogP contribution < -0.4 is 15.7 Å². The van der Waals surface area contributed by atoms with Crippen LogP contribution >= 0.6 is 0 Å². The molecule has 1 N–H and O–H groups in total. The molecule has 0 unspecified atom stereocenters. The molecule has 2 rings (SSSR count). The molecule has 0 saturated heterocycles. The second-order valence-electron chi connectivity index (χ2n) is 3.38. The zero-order valence-corrected chi connectivity index (χ0v) is 9.34. The third-order valence-electron chi connectivity index (χ3n) is 2.26. The first kappa shape index (κ1) is 11.2. The Kier molecular flexibility index (Phi) is 3.09. The molecule has 0 aliphatic carbocycles. The zero-order valence-electron chi connectivity index (χ0n) is 9.34. The van der Waals surface area contributed by atoms with Crippen molar-refractivity contribution in [3.63, 3.8) is 0 Å². The highest BCUT2D eigenvalue weighted by molar-refractivity contribution is 5.30. The fraction of sp³-hybridized carbons (Fsp3) is 0.167. The van der Waals surface area contributed by atoms with E-state index < -0.39 is 11.0 Å². The minimum Gasteiger partial charge on any atom is -0.488 e. The number of hydrogen-bond acceptors (Lipinski definition) is 3. The van der Waals surface area contributed by atoms with Crippen molar-refractivity contribution in [1.82, 2.24) is 9.78 Å². The number of aromatic amines is 1. The van der Waals surface area contributed by atoms with Gasteiger partial charge in [0, 0.05) is 0 Å². The minimum absolute atomic E-state index is 0.0460. The smallest absolute Gasteiger partial charge is 0.321 e. The molecule has 0 bridgehead atoms. The summed E-state index contributed by atoms with van der Waals surface area (Å²) in [4.78, 5) is 23.5. The largest absolute Gasteiger partial charge is 0.488 e. The molecule has 5 heteroatoms. The van der Waals surface area contributed by atoms with Crippen molar-refractivity contribution in [3.8, 4) is 11.4 Å². The highest BCUT2D eigenvalue weighted by Crippen LogP contribution is 2.02. The van der Waals surface area contributed by atoms with Crippen molar-refractivity contribution in [1.29, 1.82) is 0 Å². The fourth-order valence-electron chi connectivity index (χ4n) is 1.49. The number of para-hydroxylation sites is 1. The molecule has 0 amide bonds. The van der Waals surface area contributed by atoms with Gasteiger partial charge in [0.1, 0.15) is 0 Å². The van der Waals surface area contributed by atoms with Crippen molar-refractivity contribution in [3.05, 3.63) is 57.1 Å². The lowest BCUT2D eigenvalue weighted by Crippen LogP contribution is -2.35. The summed E-state index contributed by atoms with van der Waals surface area (Å²) < 4.78 is 6.24. The Balaban J connectivity index is 2.56. The first-order chi connectivity index (χ1) is 8.24. The molecule has 0 spiro atoms. The Morgan fingerprint density at radius 1 is 1.24 bits per heavy atom. The van der Waals surface area contributed by atoms with Crippen molar-refractivity contribution < 1.29 is 4.74 Å². The van der Waals surface area contributed by atoms with Crippen LogP contribution in [0.5, 0.6) is 5.75 Å². The third-order valence-corrected chi connectivity index (χ3v) is 2.26. The number of H-pyrrole nitrogens is 1. The standard InChI is InChI=1S/C12H12N2O3/c1-2-17-10-8-13-14(12(16)11(10)15)9-6-4-3-5-7-9/h3-8,13H,2H2,1H3. The van der Waals surface area contributed by atoms with Gasteiger partial charge < -0.3 is 4.74 Å². The average molecular weight is 232 g/mol. The van der Waals surface area contributed by atoms with Gasteiger partial charge in [0.05, 0.1) is 18.5 Å². The zero-order chi connectivity index (χ0) is 12.3. The summed E-state index contributed by atoms with van der Waals surface area (Å²) in [6, 6.07) is 8.88. The molecule has 1 aromatic heterocycles. The maximum absolute atomic E-state index is 11.8. The Bertz CT molecular complexity index is 614. The summed E-state index contributed by atoms with van der Waals surface area (Å²) in [7, 11) is 0. The molecule has 0 fully saturated rings. The van der Waals surface area contributed by atoms with Crippen molar-refractivity contribution in [2.45, 2.75) is 6.92 Å². The molecule has 2 aromatic rings. The summed E-state index contributed by atoms with van der Waals surface area (Å²) in [5.74, 6) is 0.0460. The highest BCUT2D eigenvalue weighted by Gasteiger charge is 2.08. The second kappa shape index (κ2) is 4.69. The van der Waals surface area contributed by atoms with Crippen LogP contribution in [0, 0.1) is 0 Å². The van der Waals surface area contributed by atoms with Crippen LogP contribution in [0.25, 0.3) is 5.69 Å². The number of hydrogen-bond donors (Lipinski definition) is 1. The Morgan fingerprint density at radius 3 is 2.59 bits per heavy atom. The van der Waals surface area contributed by atoms with Gasteiger partial charge in [-0.25, -0.2) is 4.68 Å². The van der Waals surface area contributed by atoms with Crippen molar-refractivity contribution in [2.75, 3.05) is 6.61 Å². The molecular weight excluding hydrogens is 220 g/mol. The summed E-state index contributed by atoms with van der Waals surface area (Å²) in [5, 5.41) is 2.73. The number of ether oxygens (including phenoxy) is 1. The molecule has 0 aliphatic heterocycles. The van der Waals surface area contributed by atoms with Crippen molar-refractivity contribution in [2.24, 2.45) is 0 Å². The molecular formula is C12H12N2O3. The number of aromatic nitrogens is 2. The SMILES string of the molecule is CCOc1c[nH]n(-c2ccccc2)c(=O)c1=O. The lowest BCUT2D eigenvalue weighted by molar-refractivity contribution is 0.333. The van der Waals surface area contributed by atoms with E-state index >= 15 is 0 Å². The van der Waals surface area contributed by atoms with Crippen LogP contribution in [0.2, 0.25) is 0 Å². The van der Waals surface area contributed by atoms with Gasteiger partial charge in [-0.1, -0.05) is 18.2 Å². The van der Waals surface area contributed by atoms with Crippen LogP contribution in [0.15, 0.2) is 46.1 Å². The molecule has 1 aromatic carbocycles. The first-order valence-electron chi connectivity index (χ1n) is 5.27. The van der Waals surface area contributed by atoms with E-state index in [2.05, 4.69) is 5.10 Å². The third kappa shape index (κ3) is 2.13. The number of rotatable bonds is 3. The number of nitrogens with zero attached hydrogens (tertiary/aromatic N) is 1. The van der Waals surface area contributed by atoms with Gasteiger partial charge in [-0.05, 0) is 19.1 Å². The predicted molar refractivity (Wildman–Crippen MR) is 63.8 cm³/mol. The lowest BCUT2D eigenvalue weighted by atomic mass is 10.3. The van der Waals surface area contributed by atoms with Gasteiger partial charge in [0.25, 0.3) is 5.43 Å². The molecule has 17 heavy (non-hydrogen) atoms. The normalized spacial score (nSPS) is 10.2. The Labute approximate surface area is 97.3 Å². The summed E-state index contributed by atoms with van der Waals surface area (Å²) in [5.41, 5.74) is -0.686. The van der Waals surface area contributed by atoms with E-state index in [4.69, 9.17) is 4.74 Å². The van der Waals surface area contributed by atoms with E-state index in [-0.39, 0.29) is 5.75 Å². The quantitative estimate of drug-likeness (QED) is 0.800. The van der Waals surface area contributed by atoms with Gasteiger partial charge in [-0.2, -0.15) is 0 Å². The highest BCUT2D eigenvalue weighted by atomic mass is 16.5. The summed E-state index contributed by atoms with van der Waals surface area (Å²) in [6.45, 7) is 2.10. The van der Waals surface area contributed by atoms with E-state index in [0.717, 1.165) is 0 Å². The predicted octanol–water partition coefficient (Wildman–Crippen LogP) is 0.924. The molecule has 0 aliphatic rings. The fourth-order valence-corrected chi connectivity index (χ4v) is 1.49. The van der Waals surface area contributed by atoms with Gasteiger partial charge >= 0.3 is 5.56 Å². The van der Waals surface area contributed by atoms with Gasteiger partial charge in [0.15, 0.2) is 5.75 Å². The van der Waals surface area contributed by atoms with Crippen LogP contribution in [0.4, 0.5) is 0 Å². The van der Waals surface area contributed by atoms with Crippen LogP contribution in [-0.2, 0) is 0 Å². The minimum atomic E-state index is -0.651. The molecule has 1 heterocycles. The van der Waals surface area contributed by atoms with Crippen LogP contribution in [0.3, 0.4) is 0 Å². The Hall–Kier alpha value is -2.30. The monoisotopic (exact) mass is 232 g/mol. The van der Waals surface area contributed by atoms with Crippen LogP contribution in [0.1, 0.15) is 6.92 Å². The van der Waals surface area contributed by atoms with E-state index in [1.165, 1.54) is 10.9 Å². The number of nitrogens with one attached hydrogen (secondary N) is 1. The molecule has 0 atom stereocenters. The van der Waals surface area contributed by atoms with E-state index in [1.54, 1.807) is 31.2 Å². The summed E-state index contributed by atoms with van der Waals surface area (Å²) in [6.07, 6.45) is 1.39. The maximum atomic E-state index is 11.8. The molecule has 0 saturated carbocycles. The van der Waals surface area contributed by atoms with Gasteiger partial charge in [-0.3, -0.25) is 14.7 Å². The first-order valence-corrected chi connectivity index (χ1v) is 5.27. The van der Waals surface area contributed by atoms with Gasteiger partial charge in [-0.15, -0.1) is 0 Å². The second-order valence-corrected chi connectivity index (χ2v) is 3.38. The maximum Gasteiger partial charge on any atom is 0.321 e. The molecule has 88 valence electrons. The molecule has 5 nitrogen and oxygen atoms in total. The number of benzene rings is 1. The topological polar surface area (TPSA) is 64.1 Å².